The van der Waals surface area contributed by atoms with E-state index in [0.717, 1.165) is 22.9 Å². The average molecular weight is 245 g/mol. The van der Waals surface area contributed by atoms with Crippen LogP contribution in [-0.4, -0.2) is 16.1 Å². The standard InChI is InChI=1S/C9H13BrN2O/c1-6(2)4-7-9(10)8(5-13)12(3)11-7/h5-6H,4H2,1-3H3. The third kappa shape index (κ3) is 2.18. The maximum absolute atomic E-state index is 10.7. The van der Waals surface area contributed by atoms with Gasteiger partial charge in [-0.3, -0.25) is 9.48 Å². The van der Waals surface area contributed by atoms with E-state index in [4.69, 9.17) is 0 Å². The van der Waals surface area contributed by atoms with Crippen molar-refractivity contribution in [2.75, 3.05) is 0 Å². The number of halogens is 1. The molecule has 0 atom stereocenters. The minimum Gasteiger partial charge on any atom is -0.296 e. The molecule has 1 rings (SSSR count). The van der Waals surface area contributed by atoms with Crippen LogP contribution in [-0.2, 0) is 13.5 Å². The van der Waals surface area contributed by atoms with Gasteiger partial charge in [0, 0.05) is 7.05 Å². The van der Waals surface area contributed by atoms with E-state index in [-0.39, 0.29) is 0 Å². The number of nitrogens with zero attached hydrogens (tertiary/aromatic N) is 2. The molecule has 0 aromatic carbocycles. The molecule has 0 unspecified atom stereocenters. The fourth-order valence-corrected chi connectivity index (χ4v) is 1.81. The first-order chi connectivity index (χ1) is 6.06. The van der Waals surface area contributed by atoms with Crippen LogP contribution in [0.3, 0.4) is 0 Å². The Balaban J connectivity index is 3.03. The lowest BCUT2D eigenvalue weighted by Gasteiger charge is -2.00. The molecule has 0 amide bonds. The summed E-state index contributed by atoms with van der Waals surface area (Å²) in [6.07, 6.45) is 1.71. The highest BCUT2D eigenvalue weighted by molar-refractivity contribution is 9.10. The van der Waals surface area contributed by atoms with E-state index in [1.165, 1.54) is 0 Å². The number of aldehydes is 1. The highest BCUT2D eigenvalue weighted by atomic mass is 79.9. The normalized spacial score (nSPS) is 10.8. The first-order valence-corrected chi connectivity index (χ1v) is 5.02. The lowest BCUT2D eigenvalue weighted by atomic mass is 10.1. The largest absolute Gasteiger partial charge is 0.296 e. The van der Waals surface area contributed by atoms with E-state index in [2.05, 4.69) is 34.9 Å². The fourth-order valence-electron chi connectivity index (χ4n) is 1.21. The van der Waals surface area contributed by atoms with Crippen molar-refractivity contribution in [2.24, 2.45) is 13.0 Å². The third-order valence-electron chi connectivity index (χ3n) is 1.81. The van der Waals surface area contributed by atoms with E-state index >= 15 is 0 Å². The topological polar surface area (TPSA) is 34.9 Å². The second-order valence-electron chi connectivity index (χ2n) is 3.49. The van der Waals surface area contributed by atoms with Crippen LogP contribution in [0.25, 0.3) is 0 Å². The molecular weight excluding hydrogens is 232 g/mol. The SMILES string of the molecule is CC(C)Cc1nn(C)c(C=O)c1Br. The Kier molecular flexibility index (Phi) is 3.25. The van der Waals surface area contributed by atoms with Crippen molar-refractivity contribution in [3.63, 3.8) is 0 Å². The Morgan fingerprint density at radius 2 is 2.23 bits per heavy atom. The Hall–Kier alpha value is -0.640. The summed E-state index contributed by atoms with van der Waals surface area (Å²) in [5.74, 6) is 0.547. The molecule has 0 spiro atoms. The summed E-state index contributed by atoms with van der Waals surface area (Å²) in [4.78, 5) is 10.7. The minimum atomic E-state index is 0.547. The molecule has 0 N–H and O–H groups in total. The number of hydrogen-bond acceptors (Lipinski definition) is 2. The minimum absolute atomic E-state index is 0.547. The van der Waals surface area contributed by atoms with Gasteiger partial charge in [-0.25, -0.2) is 0 Å². The second-order valence-corrected chi connectivity index (χ2v) is 4.28. The van der Waals surface area contributed by atoms with E-state index in [1.807, 2.05) is 0 Å². The third-order valence-corrected chi connectivity index (χ3v) is 2.67. The molecule has 0 bridgehead atoms. The maximum Gasteiger partial charge on any atom is 0.169 e. The van der Waals surface area contributed by atoms with Gasteiger partial charge in [-0.2, -0.15) is 5.10 Å². The van der Waals surface area contributed by atoms with Gasteiger partial charge in [0.05, 0.1) is 10.2 Å². The van der Waals surface area contributed by atoms with Crippen molar-refractivity contribution in [1.29, 1.82) is 0 Å². The smallest absolute Gasteiger partial charge is 0.169 e. The number of aromatic nitrogens is 2. The van der Waals surface area contributed by atoms with Crippen LogP contribution < -0.4 is 0 Å². The Morgan fingerprint density at radius 1 is 1.62 bits per heavy atom. The van der Waals surface area contributed by atoms with Gasteiger partial charge in [0.25, 0.3) is 0 Å². The van der Waals surface area contributed by atoms with Gasteiger partial charge in [0.15, 0.2) is 6.29 Å². The quantitative estimate of drug-likeness (QED) is 0.765. The predicted molar refractivity (Wildman–Crippen MR) is 54.8 cm³/mol. The molecular formula is C9H13BrN2O. The zero-order valence-electron chi connectivity index (χ0n) is 8.04. The molecule has 0 aliphatic heterocycles. The molecule has 3 nitrogen and oxygen atoms in total. The van der Waals surface area contributed by atoms with Crippen molar-refractivity contribution in [3.05, 3.63) is 15.9 Å². The lowest BCUT2D eigenvalue weighted by molar-refractivity contribution is 0.111. The predicted octanol–water partition coefficient (Wildman–Crippen LogP) is 2.19. The van der Waals surface area contributed by atoms with Gasteiger partial charge >= 0.3 is 0 Å². The highest BCUT2D eigenvalue weighted by Crippen LogP contribution is 2.21. The Labute approximate surface area is 86.3 Å². The monoisotopic (exact) mass is 244 g/mol. The maximum atomic E-state index is 10.7. The summed E-state index contributed by atoms with van der Waals surface area (Å²) in [5.41, 5.74) is 1.57. The summed E-state index contributed by atoms with van der Waals surface area (Å²) in [6, 6.07) is 0. The van der Waals surface area contributed by atoms with Crippen LogP contribution in [0.2, 0.25) is 0 Å². The van der Waals surface area contributed by atoms with Crippen LogP contribution in [0.4, 0.5) is 0 Å². The van der Waals surface area contributed by atoms with E-state index in [0.29, 0.717) is 11.6 Å². The summed E-state index contributed by atoms with van der Waals surface area (Å²) in [5, 5.41) is 4.26. The number of carbonyl (C=O) groups is 1. The van der Waals surface area contributed by atoms with Crippen LogP contribution in [0.15, 0.2) is 4.47 Å². The second kappa shape index (κ2) is 4.05. The molecule has 0 saturated carbocycles. The first-order valence-electron chi connectivity index (χ1n) is 4.22. The van der Waals surface area contributed by atoms with Crippen LogP contribution in [0, 0.1) is 5.92 Å². The molecule has 0 fully saturated rings. The van der Waals surface area contributed by atoms with E-state index < -0.39 is 0 Å². The lowest BCUT2D eigenvalue weighted by Crippen LogP contribution is -1.98. The van der Waals surface area contributed by atoms with Crippen molar-refractivity contribution in [2.45, 2.75) is 20.3 Å². The zero-order valence-corrected chi connectivity index (χ0v) is 9.63. The van der Waals surface area contributed by atoms with Crippen molar-refractivity contribution in [1.82, 2.24) is 9.78 Å². The molecule has 0 radical (unpaired) electrons. The van der Waals surface area contributed by atoms with E-state index in [1.54, 1.807) is 11.7 Å². The molecule has 4 heteroatoms. The average Bonchev–Trinajstić information content (AvgIpc) is 2.26. The number of carbonyl (C=O) groups excluding carboxylic acids is 1. The number of hydrogen-bond donors (Lipinski definition) is 0. The molecule has 1 aromatic rings. The van der Waals surface area contributed by atoms with Crippen molar-refractivity contribution >= 4 is 22.2 Å². The van der Waals surface area contributed by atoms with Gasteiger partial charge < -0.3 is 0 Å². The van der Waals surface area contributed by atoms with Crippen LogP contribution in [0.5, 0.6) is 0 Å². The van der Waals surface area contributed by atoms with Gasteiger partial charge in [0.2, 0.25) is 0 Å². The van der Waals surface area contributed by atoms with Crippen molar-refractivity contribution < 1.29 is 4.79 Å². The Bertz CT molecular complexity index is 318. The fraction of sp³-hybridized carbons (Fsp3) is 0.556. The van der Waals surface area contributed by atoms with Gasteiger partial charge in [0.1, 0.15) is 5.69 Å². The molecule has 72 valence electrons. The summed E-state index contributed by atoms with van der Waals surface area (Å²) < 4.78 is 2.44. The van der Waals surface area contributed by atoms with Crippen molar-refractivity contribution in [3.8, 4) is 0 Å². The first kappa shape index (κ1) is 10.4. The zero-order chi connectivity index (χ0) is 10.0. The molecule has 0 aliphatic rings. The molecule has 0 saturated heterocycles. The van der Waals surface area contributed by atoms with Gasteiger partial charge in [-0.1, -0.05) is 13.8 Å². The molecule has 1 aromatic heterocycles. The molecule has 13 heavy (non-hydrogen) atoms. The summed E-state index contributed by atoms with van der Waals surface area (Å²) in [7, 11) is 1.78. The van der Waals surface area contributed by atoms with Crippen LogP contribution in [0.1, 0.15) is 30.0 Å². The van der Waals surface area contributed by atoms with Gasteiger partial charge in [-0.05, 0) is 28.3 Å². The number of aryl methyl sites for hydroxylation is 1. The molecule has 1 heterocycles. The molecule has 0 aliphatic carbocycles. The van der Waals surface area contributed by atoms with E-state index in [9.17, 15) is 4.79 Å². The summed E-state index contributed by atoms with van der Waals surface area (Å²) >= 11 is 3.38. The van der Waals surface area contributed by atoms with Crippen LogP contribution >= 0.6 is 15.9 Å². The summed E-state index contributed by atoms with van der Waals surface area (Å²) in [6.45, 7) is 4.25. The number of rotatable bonds is 3. The van der Waals surface area contributed by atoms with Gasteiger partial charge in [-0.15, -0.1) is 0 Å². The highest BCUT2D eigenvalue weighted by Gasteiger charge is 2.13. The Morgan fingerprint density at radius 3 is 2.62 bits per heavy atom.